The fraction of sp³-hybridized carbons (Fsp3) is 0.0833. The van der Waals surface area contributed by atoms with E-state index in [9.17, 15) is 14.7 Å². The average molecular weight is 372 g/mol. The summed E-state index contributed by atoms with van der Waals surface area (Å²) in [4.78, 5) is 28.1. The number of carbonyl (C=O) groups is 2. The van der Waals surface area contributed by atoms with Crippen LogP contribution in [0.4, 0.5) is 15.6 Å². The number of halogens is 1. The van der Waals surface area contributed by atoms with Crippen LogP contribution in [0.2, 0.25) is 0 Å². The second-order valence-corrected chi connectivity index (χ2v) is 6.31. The van der Waals surface area contributed by atoms with E-state index in [0.717, 1.165) is 8.69 Å². The van der Waals surface area contributed by atoms with E-state index in [4.69, 9.17) is 5.11 Å². The number of hydrogen-bond donors (Lipinski definition) is 3. The van der Waals surface area contributed by atoms with Crippen LogP contribution in [0.5, 0.6) is 5.75 Å². The Hall–Kier alpha value is -2.13. The molecule has 1 aromatic carbocycles. The van der Waals surface area contributed by atoms with Gasteiger partial charge in [0.1, 0.15) is 12.3 Å². The summed E-state index contributed by atoms with van der Waals surface area (Å²) in [5, 5.41) is 21.0. The van der Waals surface area contributed by atoms with Gasteiger partial charge in [-0.2, -0.15) is 0 Å². The maximum atomic E-state index is 12.2. The number of anilines is 2. The van der Waals surface area contributed by atoms with Crippen LogP contribution in [0.25, 0.3) is 0 Å². The van der Waals surface area contributed by atoms with Crippen molar-refractivity contribution in [3.63, 3.8) is 0 Å². The lowest BCUT2D eigenvalue weighted by molar-refractivity contribution is -0.135. The molecule has 2 rings (SSSR count). The monoisotopic (exact) mass is 371 g/mol. The van der Waals surface area contributed by atoms with Crippen LogP contribution in [0.1, 0.15) is 0 Å². The van der Waals surface area contributed by atoms with Crippen molar-refractivity contribution < 1.29 is 19.8 Å². The SMILES string of the molecule is O=C(O)CN(C(=O)Nc1ncc(Br)s1)c1ccc(O)cc1. The third-order valence-corrected chi connectivity index (χ3v) is 3.78. The average Bonchev–Trinajstić information content (AvgIpc) is 2.82. The number of rotatable bonds is 4. The molecule has 2 aromatic rings. The van der Waals surface area contributed by atoms with Crippen molar-refractivity contribution in [3.05, 3.63) is 34.2 Å². The molecular formula is C12H10BrN3O4S. The van der Waals surface area contributed by atoms with Gasteiger partial charge in [-0.3, -0.25) is 15.0 Å². The van der Waals surface area contributed by atoms with E-state index in [1.807, 2.05) is 0 Å². The van der Waals surface area contributed by atoms with E-state index in [-0.39, 0.29) is 5.75 Å². The molecule has 1 aromatic heterocycles. The summed E-state index contributed by atoms with van der Waals surface area (Å²) in [7, 11) is 0. The standard InChI is InChI=1S/C12H10BrN3O4S/c13-9-5-14-11(21-9)15-12(20)16(6-10(18)19)7-1-3-8(17)4-2-7/h1-5,17H,6H2,(H,18,19)(H,14,15,20). The minimum atomic E-state index is -1.15. The number of aromatic nitrogens is 1. The van der Waals surface area contributed by atoms with E-state index in [2.05, 4.69) is 26.2 Å². The predicted octanol–water partition coefficient (Wildman–Crippen LogP) is 2.73. The highest BCUT2D eigenvalue weighted by Gasteiger charge is 2.20. The van der Waals surface area contributed by atoms with Crippen LogP contribution in [0.15, 0.2) is 34.2 Å². The number of phenolic OH excluding ortho intramolecular Hbond substituents is 1. The Balaban J connectivity index is 2.20. The van der Waals surface area contributed by atoms with Gasteiger partial charge in [0.15, 0.2) is 5.13 Å². The van der Waals surface area contributed by atoms with Gasteiger partial charge in [-0.1, -0.05) is 11.3 Å². The molecule has 1 heterocycles. The van der Waals surface area contributed by atoms with Crippen LogP contribution in [0.3, 0.4) is 0 Å². The first-order valence-corrected chi connectivity index (χ1v) is 7.27. The highest BCUT2D eigenvalue weighted by molar-refractivity contribution is 9.11. The van der Waals surface area contributed by atoms with Crippen LogP contribution in [-0.4, -0.2) is 33.7 Å². The number of aromatic hydroxyl groups is 1. The molecule has 7 nitrogen and oxygen atoms in total. The van der Waals surface area contributed by atoms with Gasteiger partial charge in [-0.05, 0) is 40.2 Å². The summed E-state index contributed by atoms with van der Waals surface area (Å²) >= 11 is 4.43. The van der Waals surface area contributed by atoms with Gasteiger partial charge in [-0.25, -0.2) is 9.78 Å². The van der Waals surface area contributed by atoms with Crippen LogP contribution in [-0.2, 0) is 4.79 Å². The zero-order chi connectivity index (χ0) is 15.4. The van der Waals surface area contributed by atoms with Gasteiger partial charge in [0.05, 0.1) is 9.98 Å². The van der Waals surface area contributed by atoms with Crippen molar-refractivity contribution in [2.75, 3.05) is 16.8 Å². The Kier molecular flexibility index (Phi) is 4.76. The van der Waals surface area contributed by atoms with Gasteiger partial charge < -0.3 is 10.2 Å². The number of carboxylic acid groups (broad SMARTS) is 1. The van der Waals surface area contributed by atoms with Crippen molar-refractivity contribution >= 4 is 50.1 Å². The van der Waals surface area contributed by atoms with Crippen LogP contribution >= 0.6 is 27.3 Å². The molecule has 0 aliphatic heterocycles. The van der Waals surface area contributed by atoms with E-state index < -0.39 is 18.5 Å². The summed E-state index contributed by atoms with van der Waals surface area (Å²) in [6, 6.07) is 5.03. The minimum Gasteiger partial charge on any atom is -0.508 e. The zero-order valence-electron chi connectivity index (χ0n) is 10.5. The molecular weight excluding hydrogens is 362 g/mol. The predicted molar refractivity (Wildman–Crippen MR) is 81.9 cm³/mol. The molecule has 0 saturated carbocycles. The molecule has 0 spiro atoms. The molecule has 110 valence electrons. The largest absolute Gasteiger partial charge is 0.508 e. The quantitative estimate of drug-likeness (QED) is 0.766. The summed E-state index contributed by atoms with van der Waals surface area (Å²) in [6.45, 7) is -0.511. The van der Waals surface area contributed by atoms with E-state index in [1.54, 1.807) is 0 Å². The Labute approximate surface area is 132 Å². The van der Waals surface area contributed by atoms with Gasteiger partial charge >= 0.3 is 12.0 Å². The Bertz CT molecular complexity index is 659. The number of amides is 2. The Morgan fingerprint density at radius 3 is 2.52 bits per heavy atom. The molecule has 0 aliphatic carbocycles. The van der Waals surface area contributed by atoms with Crippen LogP contribution < -0.4 is 10.2 Å². The highest BCUT2D eigenvalue weighted by Crippen LogP contribution is 2.24. The third-order valence-electron chi connectivity index (χ3n) is 2.39. The number of nitrogens with zero attached hydrogens (tertiary/aromatic N) is 2. The maximum absolute atomic E-state index is 12.2. The molecule has 3 N–H and O–H groups in total. The number of thiazole rings is 1. The third kappa shape index (κ3) is 4.17. The number of carbonyl (C=O) groups excluding carboxylic acids is 1. The van der Waals surface area contributed by atoms with E-state index >= 15 is 0 Å². The van der Waals surface area contributed by atoms with Gasteiger partial charge in [-0.15, -0.1) is 0 Å². The number of urea groups is 1. The molecule has 0 unspecified atom stereocenters. The molecule has 2 amide bonds. The first-order valence-electron chi connectivity index (χ1n) is 5.66. The summed E-state index contributed by atoms with van der Waals surface area (Å²) in [5.74, 6) is -1.13. The van der Waals surface area contributed by atoms with Crippen molar-refractivity contribution in [2.45, 2.75) is 0 Å². The Morgan fingerprint density at radius 2 is 2.00 bits per heavy atom. The number of aliphatic carboxylic acids is 1. The maximum Gasteiger partial charge on any atom is 0.328 e. The first kappa shape index (κ1) is 15.3. The van der Waals surface area contributed by atoms with E-state index in [0.29, 0.717) is 10.8 Å². The van der Waals surface area contributed by atoms with Gasteiger partial charge in [0, 0.05) is 5.69 Å². The molecule has 0 radical (unpaired) electrons. The normalized spacial score (nSPS) is 10.1. The number of hydrogen-bond acceptors (Lipinski definition) is 5. The summed E-state index contributed by atoms with van der Waals surface area (Å²) in [5.41, 5.74) is 0.350. The second kappa shape index (κ2) is 6.55. The molecule has 21 heavy (non-hydrogen) atoms. The summed E-state index contributed by atoms with van der Waals surface area (Å²) < 4.78 is 0.743. The smallest absolute Gasteiger partial charge is 0.328 e. The number of carboxylic acids is 1. The van der Waals surface area contributed by atoms with Crippen molar-refractivity contribution in [3.8, 4) is 5.75 Å². The Morgan fingerprint density at radius 1 is 1.33 bits per heavy atom. The van der Waals surface area contributed by atoms with Crippen molar-refractivity contribution in [2.24, 2.45) is 0 Å². The minimum absolute atomic E-state index is 0.0262. The molecule has 0 atom stereocenters. The van der Waals surface area contributed by atoms with E-state index in [1.165, 1.54) is 41.8 Å². The topological polar surface area (TPSA) is 103 Å². The second-order valence-electron chi connectivity index (χ2n) is 3.90. The number of phenols is 1. The lowest BCUT2D eigenvalue weighted by atomic mass is 10.3. The lowest BCUT2D eigenvalue weighted by Gasteiger charge is -2.20. The zero-order valence-corrected chi connectivity index (χ0v) is 12.9. The fourth-order valence-electron chi connectivity index (χ4n) is 1.52. The molecule has 0 saturated heterocycles. The molecule has 0 fully saturated rings. The summed E-state index contributed by atoms with van der Waals surface area (Å²) in [6.07, 6.45) is 1.53. The molecule has 9 heteroatoms. The van der Waals surface area contributed by atoms with Crippen molar-refractivity contribution in [1.82, 2.24) is 4.98 Å². The fourth-order valence-corrected chi connectivity index (χ4v) is 2.62. The van der Waals surface area contributed by atoms with Crippen molar-refractivity contribution in [1.29, 1.82) is 0 Å². The molecule has 0 aliphatic rings. The van der Waals surface area contributed by atoms with Gasteiger partial charge in [0.2, 0.25) is 0 Å². The highest BCUT2D eigenvalue weighted by atomic mass is 79.9. The van der Waals surface area contributed by atoms with Gasteiger partial charge in [0.25, 0.3) is 0 Å². The first-order chi connectivity index (χ1) is 9.95. The molecule has 0 bridgehead atoms. The van der Waals surface area contributed by atoms with Crippen LogP contribution in [0, 0.1) is 0 Å². The lowest BCUT2D eigenvalue weighted by Crippen LogP contribution is -2.38. The number of nitrogens with one attached hydrogen (secondary N) is 1. The number of benzene rings is 1.